The number of aromatic amines is 1. The fourth-order valence-corrected chi connectivity index (χ4v) is 2.95. The predicted octanol–water partition coefficient (Wildman–Crippen LogP) is 3.30. The maximum absolute atomic E-state index is 5.43. The first kappa shape index (κ1) is 10.0. The minimum atomic E-state index is 0.177. The van der Waals surface area contributed by atoms with Crippen molar-refractivity contribution in [2.75, 3.05) is 0 Å². The fraction of sp³-hybridized carbons (Fsp3) is 0.500. The molecule has 3 nitrogen and oxygen atoms in total. The van der Waals surface area contributed by atoms with Crippen LogP contribution in [0, 0.1) is 11.7 Å². The zero-order chi connectivity index (χ0) is 11.3. The van der Waals surface area contributed by atoms with Gasteiger partial charge in [0, 0.05) is 11.7 Å². The van der Waals surface area contributed by atoms with E-state index in [1.165, 1.54) is 24.8 Å². The molecule has 0 atom stereocenters. The Balaban J connectivity index is 2.36. The summed E-state index contributed by atoms with van der Waals surface area (Å²) in [6, 6.07) is 2.01. The number of fused-ring (bicyclic) bond motifs is 1. The van der Waals surface area contributed by atoms with Crippen molar-refractivity contribution in [1.29, 1.82) is 0 Å². The van der Waals surface area contributed by atoms with Gasteiger partial charge < -0.3 is 4.98 Å². The highest BCUT2D eigenvalue weighted by Crippen LogP contribution is 2.40. The maximum Gasteiger partial charge on any atom is 0.179 e. The summed E-state index contributed by atoms with van der Waals surface area (Å²) in [4.78, 5) is 7.76. The van der Waals surface area contributed by atoms with E-state index in [1.807, 2.05) is 12.3 Å². The first-order valence-electron chi connectivity index (χ1n) is 5.69. The lowest BCUT2D eigenvalue weighted by Crippen LogP contribution is -2.37. The molecule has 3 rings (SSSR count). The molecular weight excluding hydrogens is 218 g/mol. The molecule has 1 fully saturated rings. The van der Waals surface area contributed by atoms with Crippen molar-refractivity contribution in [3.63, 3.8) is 0 Å². The predicted molar refractivity (Wildman–Crippen MR) is 67.2 cm³/mol. The van der Waals surface area contributed by atoms with Crippen LogP contribution in [0.25, 0.3) is 11.2 Å². The third-order valence-electron chi connectivity index (χ3n) is 3.76. The van der Waals surface area contributed by atoms with Gasteiger partial charge in [0.15, 0.2) is 10.4 Å². The molecule has 1 aliphatic rings. The number of rotatable bonds is 1. The quantitative estimate of drug-likeness (QED) is 0.767. The van der Waals surface area contributed by atoms with E-state index in [-0.39, 0.29) is 5.54 Å². The molecule has 0 saturated heterocycles. The minimum Gasteiger partial charge on any atom is -0.329 e. The minimum absolute atomic E-state index is 0.177. The van der Waals surface area contributed by atoms with Gasteiger partial charge in [-0.15, -0.1) is 0 Å². The van der Waals surface area contributed by atoms with Gasteiger partial charge in [-0.3, -0.25) is 4.57 Å². The van der Waals surface area contributed by atoms with Gasteiger partial charge in [0.25, 0.3) is 0 Å². The zero-order valence-corrected chi connectivity index (χ0v) is 10.4. The molecule has 1 saturated carbocycles. The van der Waals surface area contributed by atoms with Crippen LogP contribution in [0.15, 0.2) is 12.3 Å². The van der Waals surface area contributed by atoms with Gasteiger partial charge in [-0.25, -0.2) is 4.98 Å². The molecule has 0 radical (unpaired) electrons. The van der Waals surface area contributed by atoms with Gasteiger partial charge in [0.05, 0.1) is 5.52 Å². The standard InChI is InChI=1S/C12H15N3S/c1-8-4-7-13-10-9(8)14-11(16)15(10)12(2)5-3-6-12/h4,7H,3,5-6H2,1-2H3,(H,14,16). The Morgan fingerprint density at radius 1 is 1.50 bits per heavy atom. The average molecular weight is 233 g/mol. The van der Waals surface area contributed by atoms with E-state index >= 15 is 0 Å². The monoisotopic (exact) mass is 233 g/mol. The molecule has 1 aliphatic carbocycles. The summed E-state index contributed by atoms with van der Waals surface area (Å²) >= 11 is 5.43. The van der Waals surface area contributed by atoms with Crippen LogP contribution in [0.3, 0.4) is 0 Å². The van der Waals surface area contributed by atoms with Gasteiger partial charge in [-0.2, -0.15) is 0 Å². The Kier molecular flexibility index (Phi) is 1.98. The summed E-state index contributed by atoms with van der Waals surface area (Å²) in [7, 11) is 0. The molecule has 0 spiro atoms. The van der Waals surface area contributed by atoms with Gasteiger partial charge in [-0.1, -0.05) is 0 Å². The number of H-pyrrole nitrogens is 1. The summed E-state index contributed by atoms with van der Waals surface area (Å²) in [6.45, 7) is 4.35. The zero-order valence-electron chi connectivity index (χ0n) is 9.58. The third-order valence-corrected chi connectivity index (χ3v) is 4.04. The van der Waals surface area contributed by atoms with Gasteiger partial charge in [-0.05, 0) is 57.0 Å². The van der Waals surface area contributed by atoms with Crippen LogP contribution in [-0.2, 0) is 5.54 Å². The summed E-state index contributed by atoms with van der Waals surface area (Å²) < 4.78 is 3.01. The number of pyridine rings is 1. The van der Waals surface area contributed by atoms with E-state index in [4.69, 9.17) is 12.2 Å². The number of imidazole rings is 1. The molecule has 84 valence electrons. The van der Waals surface area contributed by atoms with Crippen molar-refractivity contribution in [2.45, 2.75) is 38.6 Å². The summed E-state index contributed by atoms with van der Waals surface area (Å²) in [5, 5.41) is 0. The van der Waals surface area contributed by atoms with Gasteiger partial charge in [0.1, 0.15) is 0 Å². The van der Waals surface area contributed by atoms with Crippen LogP contribution in [0.5, 0.6) is 0 Å². The second-order valence-corrected chi connectivity index (χ2v) is 5.33. The van der Waals surface area contributed by atoms with Crippen molar-refractivity contribution in [3.05, 3.63) is 22.6 Å². The Labute approximate surface area is 99.5 Å². The van der Waals surface area contributed by atoms with Crippen LogP contribution in [-0.4, -0.2) is 14.5 Å². The number of aromatic nitrogens is 3. The highest BCUT2D eigenvalue weighted by molar-refractivity contribution is 7.71. The Morgan fingerprint density at radius 3 is 2.88 bits per heavy atom. The lowest BCUT2D eigenvalue weighted by atomic mass is 9.78. The van der Waals surface area contributed by atoms with Crippen molar-refractivity contribution in [3.8, 4) is 0 Å². The van der Waals surface area contributed by atoms with Gasteiger partial charge in [0.2, 0.25) is 0 Å². The number of nitrogens with one attached hydrogen (secondary N) is 1. The summed E-state index contributed by atoms with van der Waals surface area (Å²) in [5.74, 6) is 0. The molecule has 0 bridgehead atoms. The van der Waals surface area contributed by atoms with Crippen LogP contribution in [0.4, 0.5) is 0 Å². The lowest BCUT2D eigenvalue weighted by Gasteiger charge is -2.39. The molecule has 0 aliphatic heterocycles. The maximum atomic E-state index is 5.43. The first-order chi connectivity index (χ1) is 7.62. The lowest BCUT2D eigenvalue weighted by molar-refractivity contribution is 0.171. The number of aryl methyl sites for hydroxylation is 1. The highest BCUT2D eigenvalue weighted by Gasteiger charge is 2.35. The largest absolute Gasteiger partial charge is 0.329 e. The Hall–Kier alpha value is -1.16. The van der Waals surface area contributed by atoms with E-state index in [9.17, 15) is 0 Å². The Bertz CT molecular complexity index is 604. The first-order valence-corrected chi connectivity index (χ1v) is 6.09. The third kappa shape index (κ3) is 1.19. The smallest absolute Gasteiger partial charge is 0.179 e. The van der Waals surface area contributed by atoms with E-state index in [0.717, 1.165) is 15.9 Å². The molecule has 1 N–H and O–H groups in total. The van der Waals surface area contributed by atoms with Crippen molar-refractivity contribution >= 4 is 23.4 Å². The highest BCUT2D eigenvalue weighted by atomic mass is 32.1. The number of hydrogen-bond acceptors (Lipinski definition) is 2. The van der Waals surface area contributed by atoms with E-state index in [0.29, 0.717) is 0 Å². The molecule has 2 aromatic rings. The molecule has 2 heterocycles. The van der Waals surface area contributed by atoms with Crippen molar-refractivity contribution in [2.24, 2.45) is 0 Å². The molecule has 2 aromatic heterocycles. The van der Waals surface area contributed by atoms with Crippen LogP contribution < -0.4 is 0 Å². The molecule has 4 heteroatoms. The van der Waals surface area contributed by atoms with E-state index in [1.54, 1.807) is 0 Å². The van der Waals surface area contributed by atoms with Crippen LogP contribution in [0.2, 0.25) is 0 Å². The normalized spacial score (nSPS) is 18.6. The van der Waals surface area contributed by atoms with E-state index < -0.39 is 0 Å². The van der Waals surface area contributed by atoms with Crippen LogP contribution >= 0.6 is 12.2 Å². The SMILES string of the molecule is Cc1ccnc2c1[nH]c(=S)n2C1(C)CCC1. The Morgan fingerprint density at radius 2 is 2.25 bits per heavy atom. The summed E-state index contributed by atoms with van der Waals surface area (Å²) in [6.07, 6.45) is 5.54. The van der Waals surface area contributed by atoms with Crippen LogP contribution in [0.1, 0.15) is 31.7 Å². The average Bonchev–Trinajstić information content (AvgIpc) is 2.53. The molecule has 0 aromatic carbocycles. The molecule has 0 unspecified atom stereocenters. The molecular formula is C12H15N3S. The van der Waals surface area contributed by atoms with Crippen molar-refractivity contribution < 1.29 is 0 Å². The van der Waals surface area contributed by atoms with Crippen molar-refractivity contribution in [1.82, 2.24) is 14.5 Å². The molecule has 0 amide bonds. The van der Waals surface area contributed by atoms with E-state index in [2.05, 4.69) is 28.4 Å². The fourth-order valence-electron chi connectivity index (χ4n) is 2.54. The summed E-state index contributed by atoms with van der Waals surface area (Å²) in [5.41, 5.74) is 3.47. The number of hydrogen-bond donors (Lipinski definition) is 1. The second kappa shape index (κ2) is 3.17. The second-order valence-electron chi connectivity index (χ2n) is 4.94. The topological polar surface area (TPSA) is 33.6 Å². The molecule has 16 heavy (non-hydrogen) atoms. The van der Waals surface area contributed by atoms with Gasteiger partial charge >= 0.3 is 0 Å². The number of nitrogens with zero attached hydrogens (tertiary/aromatic N) is 2.